The molecule has 2 N–H and O–H groups in total. The van der Waals surface area contributed by atoms with Crippen LogP contribution in [0.2, 0.25) is 0 Å². The molecule has 0 amide bonds. The molecule has 0 heterocycles. The summed E-state index contributed by atoms with van der Waals surface area (Å²) in [4.78, 5) is 24.2. The number of ether oxygens (including phenoxy) is 2. The first-order valence-corrected chi connectivity index (χ1v) is 20.3. The van der Waals surface area contributed by atoms with Crippen molar-refractivity contribution in [2.45, 2.75) is 199 Å². The van der Waals surface area contributed by atoms with Crippen LogP contribution in [0.5, 0.6) is 0 Å². The maximum atomic E-state index is 12.2. The highest BCUT2D eigenvalue weighted by atomic mass is 16.6. The highest BCUT2D eigenvalue weighted by Gasteiger charge is 2.16. The largest absolute Gasteiger partial charge is 0.462 e. The van der Waals surface area contributed by atoms with E-state index in [1.165, 1.54) is 109 Å². The maximum Gasteiger partial charge on any atom is 0.306 e. The van der Waals surface area contributed by atoms with Crippen molar-refractivity contribution < 1.29 is 29.3 Å². The van der Waals surface area contributed by atoms with Crippen LogP contribution >= 0.6 is 0 Å². The SMILES string of the molecule is CCCCC/C=C\C[C@@H](O)/C=C/C=C\C/C=C\CCCC(=O)OC[C@H](CO)OC(=O)CCCCCCCCCCCCCCCCCCC. The van der Waals surface area contributed by atoms with Crippen molar-refractivity contribution in [3.8, 4) is 0 Å². The van der Waals surface area contributed by atoms with E-state index in [2.05, 4.69) is 26.0 Å². The Bertz CT molecular complexity index is 845. The predicted molar refractivity (Wildman–Crippen MR) is 206 cm³/mol. The van der Waals surface area contributed by atoms with Crippen LogP contribution < -0.4 is 0 Å². The molecule has 0 bridgehead atoms. The van der Waals surface area contributed by atoms with Crippen molar-refractivity contribution in [3.05, 3.63) is 48.6 Å². The number of aliphatic hydroxyl groups is 2. The van der Waals surface area contributed by atoms with E-state index in [-0.39, 0.29) is 31.6 Å². The van der Waals surface area contributed by atoms with E-state index in [9.17, 15) is 19.8 Å². The molecule has 0 unspecified atom stereocenters. The zero-order chi connectivity index (χ0) is 35.9. The molecule has 0 saturated carbocycles. The molecule has 49 heavy (non-hydrogen) atoms. The molecule has 6 heteroatoms. The van der Waals surface area contributed by atoms with E-state index >= 15 is 0 Å². The van der Waals surface area contributed by atoms with Gasteiger partial charge in [0.25, 0.3) is 0 Å². The van der Waals surface area contributed by atoms with E-state index in [1.54, 1.807) is 6.08 Å². The quantitative estimate of drug-likeness (QED) is 0.0294. The molecule has 0 aliphatic heterocycles. The Kier molecular flexibility index (Phi) is 36.9. The minimum atomic E-state index is -0.809. The lowest BCUT2D eigenvalue weighted by Crippen LogP contribution is -2.28. The Labute approximate surface area is 301 Å². The van der Waals surface area contributed by atoms with Crippen LogP contribution in [-0.4, -0.2) is 47.6 Å². The van der Waals surface area contributed by atoms with Crippen molar-refractivity contribution in [1.82, 2.24) is 0 Å². The molecule has 0 fully saturated rings. The molecule has 0 aliphatic rings. The van der Waals surface area contributed by atoms with Gasteiger partial charge in [0.2, 0.25) is 0 Å². The smallest absolute Gasteiger partial charge is 0.306 e. The molecule has 2 atom stereocenters. The van der Waals surface area contributed by atoms with Crippen LogP contribution in [0.3, 0.4) is 0 Å². The van der Waals surface area contributed by atoms with Gasteiger partial charge in [0.15, 0.2) is 6.10 Å². The highest BCUT2D eigenvalue weighted by Crippen LogP contribution is 2.15. The average Bonchev–Trinajstić information content (AvgIpc) is 3.10. The topological polar surface area (TPSA) is 93.1 Å². The number of carbonyl (C=O) groups excluding carboxylic acids is 2. The van der Waals surface area contributed by atoms with Gasteiger partial charge in [-0.05, 0) is 44.9 Å². The van der Waals surface area contributed by atoms with Gasteiger partial charge in [0, 0.05) is 12.8 Å². The molecule has 0 aliphatic carbocycles. The molecule has 0 aromatic heterocycles. The van der Waals surface area contributed by atoms with E-state index in [0.29, 0.717) is 19.3 Å². The van der Waals surface area contributed by atoms with Gasteiger partial charge in [0.1, 0.15) is 6.61 Å². The zero-order valence-corrected chi connectivity index (χ0v) is 31.8. The summed E-state index contributed by atoms with van der Waals surface area (Å²) in [5.74, 6) is -0.692. The summed E-state index contributed by atoms with van der Waals surface area (Å²) in [5, 5.41) is 19.5. The van der Waals surface area contributed by atoms with Crippen LogP contribution in [-0.2, 0) is 19.1 Å². The first kappa shape index (κ1) is 46.8. The van der Waals surface area contributed by atoms with Gasteiger partial charge in [0.05, 0.1) is 12.7 Å². The number of allylic oxidation sites excluding steroid dienone is 6. The number of hydrogen-bond acceptors (Lipinski definition) is 6. The number of unbranched alkanes of at least 4 members (excludes halogenated alkanes) is 20. The molecule has 0 rings (SSSR count). The second kappa shape index (κ2) is 38.6. The third-order valence-corrected chi connectivity index (χ3v) is 8.71. The van der Waals surface area contributed by atoms with Crippen LogP contribution in [0.1, 0.15) is 187 Å². The predicted octanol–water partition coefficient (Wildman–Crippen LogP) is 11.6. The summed E-state index contributed by atoms with van der Waals surface area (Å²) in [6.07, 6.45) is 44.9. The standard InChI is InChI=1S/C43H76O6/c1-3-5-7-9-11-12-13-14-15-16-17-18-19-20-25-29-33-37-43(47)49-41(38-44)39-48-42(46)36-32-28-24-22-21-23-27-31-35-40(45)34-30-26-10-8-6-4-2/h22-24,26-27,30-31,35,40-41,44-45H,3-21,25,28-29,32-34,36-39H2,1-2H3/b24-22-,27-23-,30-26-,35-31+/t40-,41+/m1/s1. The summed E-state index contributed by atoms with van der Waals surface area (Å²) in [7, 11) is 0. The van der Waals surface area contributed by atoms with Gasteiger partial charge < -0.3 is 19.7 Å². The number of hydrogen-bond donors (Lipinski definition) is 2. The molecule has 0 spiro atoms. The van der Waals surface area contributed by atoms with Gasteiger partial charge in [-0.15, -0.1) is 0 Å². The molecule has 6 nitrogen and oxygen atoms in total. The Hall–Kier alpha value is -2.18. The Balaban J connectivity index is 3.69. The van der Waals surface area contributed by atoms with Crippen LogP contribution in [0.25, 0.3) is 0 Å². The third-order valence-electron chi connectivity index (χ3n) is 8.71. The molecular weight excluding hydrogens is 612 g/mol. The first-order valence-electron chi connectivity index (χ1n) is 20.3. The number of carbonyl (C=O) groups is 2. The Morgan fingerprint density at radius 3 is 1.67 bits per heavy atom. The van der Waals surface area contributed by atoms with Crippen molar-refractivity contribution in [1.29, 1.82) is 0 Å². The summed E-state index contributed by atoms with van der Waals surface area (Å²) in [6, 6.07) is 0. The molecule has 0 saturated heterocycles. The summed E-state index contributed by atoms with van der Waals surface area (Å²) < 4.78 is 10.5. The lowest BCUT2D eigenvalue weighted by Gasteiger charge is -2.15. The Morgan fingerprint density at radius 1 is 0.571 bits per heavy atom. The summed E-state index contributed by atoms with van der Waals surface area (Å²) in [5.41, 5.74) is 0. The maximum absolute atomic E-state index is 12.2. The molecule has 284 valence electrons. The monoisotopic (exact) mass is 689 g/mol. The second-order valence-corrected chi connectivity index (χ2v) is 13.6. The van der Waals surface area contributed by atoms with Crippen molar-refractivity contribution in [2.75, 3.05) is 13.2 Å². The highest BCUT2D eigenvalue weighted by molar-refractivity contribution is 5.70. The number of esters is 2. The number of aliphatic hydroxyl groups excluding tert-OH is 2. The van der Waals surface area contributed by atoms with Gasteiger partial charge in [-0.25, -0.2) is 0 Å². The number of rotatable bonds is 36. The van der Waals surface area contributed by atoms with Crippen LogP contribution in [0.15, 0.2) is 48.6 Å². The van der Waals surface area contributed by atoms with Gasteiger partial charge in [-0.2, -0.15) is 0 Å². The van der Waals surface area contributed by atoms with E-state index < -0.39 is 12.2 Å². The minimum absolute atomic E-state index is 0.113. The normalized spacial score (nSPS) is 13.3. The van der Waals surface area contributed by atoms with E-state index in [4.69, 9.17) is 9.47 Å². The fraction of sp³-hybridized carbons (Fsp3) is 0.767. The Morgan fingerprint density at radius 2 is 1.08 bits per heavy atom. The molecular formula is C43H76O6. The molecule has 0 aromatic rings. The van der Waals surface area contributed by atoms with Gasteiger partial charge >= 0.3 is 11.9 Å². The minimum Gasteiger partial charge on any atom is -0.462 e. The first-order chi connectivity index (χ1) is 24.0. The average molecular weight is 689 g/mol. The summed E-state index contributed by atoms with van der Waals surface area (Å²) >= 11 is 0. The lowest BCUT2D eigenvalue weighted by atomic mass is 10.0. The van der Waals surface area contributed by atoms with E-state index in [1.807, 2.05) is 30.4 Å². The molecule has 0 aromatic carbocycles. The fourth-order valence-electron chi connectivity index (χ4n) is 5.57. The van der Waals surface area contributed by atoms with Crippen molar-refractivity contribution in [3.63, 3.8) is 0 Å². The van der Waals surface area contributed by atoms with Gasteiger partial charge in [-0.3, -0.25) is 9.59 Å². The van der Waals surface area contributed by atoms with Crippen LogP contribution in [0, 0.1) is 0 Å². The molecule has 0 radical (unpaired) electrons. The second-order valence-electron chi connectivity index (χ2n) is 13.6. The fourth-order valence-corrected chi connectivity index (χ4v) is 5.57. The van der Waals surface area contributed by atoms with Gasteiger partial charge in [-0.1, -0.05) is 178 Å². The van der Waals surface area contributed by atoms with E-state index in [0.717, 1.165) is 38.5 Å². The summed E-state index contributed by atoms with van der Waals surface area (Å²) in [6.45, 7) is 3.99. The van der Waals surface area contributed by atoms with Crippen LogP contribution in [0.4, 0.5) is 0 Å². The van der Waals surface area contributed by atoms with Crippen molar-refractivity contribution in [2.24, 2.45) is 0 Å². The lowest BCUT2D eigenvalue weighted by molar-refractivity contribution is -0.161. The van der Waals surface area contributed by atoms with Crippen molar-refractivity contribution >= 4 is 11.9 Å². The third kappa shape index (κ3) is 36.9. The zero-order valence-electron chi connectivity index (χ0n) is 31.8.